The van der Waals surface area contributed by atoms with Gasteiger partial charge in [-0.1, -0.05) is 44.2 Å². The Bertz CT molecular complexity index is 552. The van der Waals surface area contributed by atoms with Gasteiger partial charge in [-0.2, -0.15) is 5.26 Å². The number of nitriles is 1. The van der Waals surface area contributed by atoms with Crippen molar-refractivity contribution in [1.82, 2.24) is 0 Å². The highest BCUT2D eigenvalue weighted by Crippen LogP contribution is 2.32. The summed E-state index contributed by atoms with van der Waals surface area (Å²) in [5, 5.41) is 13.4. The number of thiocyanates is 1. The van der Waals surface area contributed by atoms with Gasteiger partial charge in [-0.3, -0.25) is 0 Å². The van der Waals surface area contributed by atoms with Crippen molar-refractivity contribution in [1.29, 1.82) is 5.26 Å². The third kappa shape index (κ3) is 1.91. The summed E-state index contributed by atoms with van der Waals surface area (Å²) in [6.07, 6.45) is 0. The van der Waals surface area contributed by atoms with Crippen molar-refractivity contribution >= 4 is 22.5 Å². The van der Waals surface area contributed by atoms with E-state index in [-0.39, 0.29) is 0 Å². The predicted molar refractivity (Wildman–Crippen MR) is 69.5 cm³/mol. The summed E-state index contributed by atoms with van der Waals surface area (Å²) < 4.78 is 0. The van der Waals surface area contributed by atoms with E-state index in [0.29, 0.717) is 5.92 Å². The van der Waals surface area contributed by atoms with Crippen molar-refractivity contribution in [2.24, 2.45) is 0 Å². The number of benzene rings is 2. The van der Waals surface area contributed by atoms with Gasteiger partial charge in [-0.25, -0.2) is 0 Å². The molecule has 0 amide bonds. The van der Waals surface area contributed by atoms with Gasteiger partial charge < -0.3 is 0 Å². The van der Waals surface area contributed by atoms with Crippen molar-refractivity contribution in [3.63, 3.8) is 0 Å². The maximum Gasteiger partial charge on any atom is 0.138 e. The molecule has 16 heavy (non-hydrogen) atoms. The van der Waals surface area contributed by atoms with E-state index in [4.69, 9.17) is 5.26 Å². The molecular formula is C14H13NS. The van der Waals surface area contributed by atoms with E-state index in [9.17, 15) is 0 Å². The largest absolute Gasteiger partial charge is 0.185 e. The van der Waals surface area contributed by atoms with Gasteiger partial charge in [0.15, 0.2) is 0 Å². The zero-order valence-electron chi connectivity index (χ0n) is 9.40. The van der Waals surface area contributed by atoms with Gasteiger partial charge in [0.1, 0.15) is 5.40 Å². The maximum atomic E-state index is 8.77. The molecule has 1 nitrogen and oxygen atoms in total. The minimum atomic E-state index is 0.506. The Kier molecular flexibility index (Phi) is 3.17. The highest BCUT2D eigenvalue weighted by Gasteiger charge is 2.08. The first-order chi connectivity index (χ1) is 7.74. The summed E-state index contributed by atoms with van der Waals surface area (Å²) in [6.45, 7) is 4.39. The van der Waals surface area contributed by atoms with Crippen LogP contribution in [0.15, 0.2) is 41.3 Å². The van der Waals surface area contributed by atoms with Crippen molar-refractivity contribution in [2.45, 2.75) is 24.7 Å². The minimum Gasteiger partial charge on any atom is -0.185 e. The number of hydrogen-bond acceptors (Lipinski definition) is 2. The fourth-order valence-corrected chi connectivity index (χ4v) is 2.46. The SMILES string of the molecule is CC(C)c1ccc(SC#N)c2ccccc12. The molecule has 80 valence electrons. The van der Waals surface area contributed by atoms with Crippen molar-refractivity contribution < 1.29 is 0 Å². The third-order valence-corrected chi connectivity index (χ3v) is 3.36. The van der Waals surface area contributed by atoms with E-state index >= 15 is 0 Å². The van der Waals surface area contributed by atoms with Crippen LogP contribution in [-0.4, -0.2) is 0 Å². The minimum absolute atomic E-state index is 0.506. The van der Waals surface area contributed by atoms with Gasteiger partial charge in [-0.05, 0) is 40.1 Å². The summed E-state index contributed by atoms with van der Waals surface area (Å²) in [7, 11) is 0. The first kappa shape index (κ1) is 11.0. The highest BCUT2D eigenvalue weighted by molar-refractivity contribution is 8.04. The van der Waals surface area contributed by atoms with E-state index in [1.807, 2.05) is 12.1 Å². The number of rotatable bonds is 2. The summed E-state index contributed by atoms with van der Waals surface area (Å²) in [6, 6.07) is 12.5. The van der Waals surface area contributed by atoms with E-state index in [1.165, 1.54) is 28.1 Å². The molecule has 0 saturated carbocycles. The fourth-order valence-electron chi connectivity index (χ4n) is 1.94. The van der Waals surface area contributed by atoms with Crippen LogP contribution in [0.3, 0.4) is 0 Å². The van der Waals surface area contributed by atoms with Crippen LogP contribution in [-0.2, 0) is 0 Å². The van der Waals surface area contributed by atoms with Gasteiger partial charge in [0.05, 0.1) is 0 Å². The van der Waals surface area contributed by atoms with E-state index in [2.05, 4.69) is 43.5 Å². The molecule has 0 fully saturated rings. The van der Waals surface area contributed by atoms with Gasteiger partial charge in [0, 0.05) is 4.90 Å². The molecule has 2 aromatic carbocycles. The van der Waals surface area contributed by atoms with E-state index in [1.54, 1.807) is 0 Å². The van der Waals surface area contributed by atoms with Crippen molar-refractivity contribution in [2.75, 3.05) is 0 Å². The van der Waals surface area contributed by atoms with Gasteiger partial charge >= 0.3 is 0 Å². The lowest BCUT2D eigenvalue weighted by Crippen LogP contribution is -1.90. The molecule has 2 heteroatoms. The molecule has 2 aromatic rings. The standard InChI is InChI=1S/C14H13NS/c1-10(2)11-7-8-14(16-9-15)13-6-4-3-5-12(11)13/h3-8,10H,1-2H3. The number of fused-ring (bicyclic) bond motifs is 1. The number of hydrogen-bond donors (Lipinski definition) is 0. The van der Waals surface area contributed by atoms with Crippen LogP contribution in [0.2, 0.25) is 0 Å². The topological polar surface area (TPSA) is 23.8 Å². The van der Waals surface area contributed by atoms with E-state index < -0.39 is 0 Å². The first-order valence-electron chi connectivity index (χ1n) is 5.31. The second-order valence-electron chi connectivity index (χ2n) is 4.05. The molecule has 0 saturated heterocycles. The van der Waals surface area contributed by atoms with Crippen LogP contribution in [0, 0.1) is 10.7 Å². The zero-order valence-corrected chi connectivity index (χ0v) is 10.2. The Hall–Kier alpha value is -1.46. The zero-order chi connectivity index (χ0) is 11.5. The van der Waals surface area contributed by atoms with Crippen LogP contribution < -0.4 is 0 Å². The summed E-state index contributed by atoms with van der Waals surface area (Å²) in [5.74, 6) is 0.506. The number of nitrogens with zero attached hydrogens (tertiary/aromatic N) is 1. The lowest BCUT2D eigenvalue weighted by atomic mass is 9.96. The van der Waals surface area contributed by atoms with Crippen LogP contribution in [0.4, 0.5) is 0 Å². The van der Waals surface area contributed by atoms with Crippen LogP contribution in [0.1, 0.15) is 25.3 Å². The summed E-state index contributed by atoms with van der Waals surface area (Å²) in [5.41, 5.74) is 1.35. The smallest absolute Gasteiger partial charge is 0.138 e. The van der Waals surface area contributed by atoms with Crippen LogP contribution >= 0.6 is 11.8 Å². The molecule has 0 heterocycles. The molecule has 0 bridgehead atoms. The molecule has 0 spiro atoms. The molecule has 0 atom stereocenters. The maximum absolute atomic E-state index is 8.77. The van der Waals surface area contributed by atoms with Crippen molar-refractivity contribution in [3.05, 3.63) is 42.0 Å². The molecular weight excluding hydrogens is 214 g/mol. The van der Waals surface area contributed by atoms with Gasteiger partial charge in [-0.15, -0.1) is 0 Å². The predicted octanol–water partition coefficient (Wildman–Crippen LogP) is 4.54. The lowest BCUT2D eigenvalue weighted by molar-refractivity contribution is 0.875. The first-order valence-corrected chi connectivity index (χ1v) is 6.13. The Morgan fingerprint density at radius 3 is 2.38 bits per heavy atom. The molecule has 0 aliphatic heterocycles. The number of thioether (sulfide) groups is 1. The molecule has 0 aliphatic carbocycles. The average molecular weight is 227 g/mol. The van der Waals surface area contributed by atoms with Crippen molar-refractivity contribution in [3.8, 4) is 5.40 Å². The van der Waals surface area contributed by atoms with Gasteiger partial charge in [0.25, 0.3) is 0 Å². The molecule has 0 unspecified atom stereocenters. The fraction of sp³-hybridized carbons (Fsp3) is 0.214. The second-order valence-corrected chi connectivity index (χ2v) is 4.87. The second kappa shape index (κ2) is 4.59. The third-order valence-electron chi connectivity index (χ3n) is 2.70. The summed E-state index contributed by atoms with van der Waals surface area (Å²) in [4.78, 5) is 1.04. The average Bonchev–Trinajstić information content (AvgIpc) is 2.29. The molecule has 2 rings (SSSR count). The molecule has 0 N–H and O–H groups in total. The quantitative estimate of drug-likeness (QED) is 0.555. The Morgan fingerprint density at radius 2 is 1.75 bits per heavy atom. The molecule has 0 aromatic heterocycles. The highest BCUT2D eigenvalue weighted by atomic mass is 32.2. The van der Waals surface area contributed by atoms with E-state index in [0.717, 1.165) is 4.90 Å². The Morgan fingerprint density at radius 1 is 1.06 bits per heavy atom. The molecule has 0 aliphatic rings. The Balaban J connectivity index is 2.73. The van der Waals surface area contributed by atoms with Crippen LogP contribution in [0.25, 0.3) is 10.8 Å². The van der Waals surface area contributed by atoms with Gasteiger partial charge in [0.2, 0.25) is 0 Å². The normalized spacial score (nSPS) is 10.6. The Labute approximate surface area is 100 Å². The van der Waals surface area contributed by atoms with Crippen LogP contribution in [0.5, 0.6) is 0 Å². The lowest BCUT2D eigenvalue weighted by Gasteiger charge is -2.11. The monoisotopic (exact) mass is 227 g/mol. The molecule has 0 radical (unpaired) electrons. The summed E-state index contributed by atoms with van der Waals surface area (Å²) >= 11 is 1.23.